The third kappa shape index (κ3) is 7.56. The second-order valence-electron chi connectivity index (χ2n) is 9.27. The SMILES string of the molecule is CC(c1ccc2c(c1)C(C)(C)CO2)S(=O)(=O)O.COc1nc(C)nc(NC(=O)NS(=O)(=O)c2ccccc2Cl)n1. The van der Waals surface area contributed by atoms with E-state index < -0.39 is 31.4 Å². The molecule has 1 aromatic heterocycles. The average molecular weight is 614 g/mol. The van der Waals surface area contributed by atoms with E-state index in [0.29, 0.717) is 18.0 Å². The molecule has 0 bridgehead atoms. The van der Waals surface area contributed by atoms with E-state index in [1.54, 1.807) is 31.2 Å². The van der Waals surface area contributed by atoms with Crippen molar-refractivity contribution in [1.29, 1.82) is 0 Å². The van der Waals surface area contributed by atoms with Crippen LogP contribution in [0.1, 0.15) is 43.0 Å². The predicted molar refractivity (Wildman–Crippen MR) is 147 cm³/mol. The number of nitrogens with one attached hydrogen (secondary N) is 2. The van der Waals surface area contributed by atoms with Gasteiger partial charge in [-0.3, -0.25) is 9.87 Å². The summed E-state index contributed by atoms with van der Waals surface area (Å²) in [5, 5.41) is 1.27. The minimum Gasteiger partial charge on any atom is -0.492 e. The fourth-order valence-electron chi connectivity index (χ4n) is 3.53. The van der Waals surface area contributed by atoms with Crippen molar-refractivity contribution in [2.45, 2.75) is 43.3 Å². The summed E-state index contributed by atoms with van der Waals surface area (Å²) in [4.78, 5) is 23.1. The maximum absolute atomic E-state index is 12.1. The lowest BCUT2D eigenvalue weighted by Gasteiger charge is -2.17. The van der Waals surface area contributed by atoms with Crippen LogP contribution in [0.3, 0.4) is 0 Å². The molecule has 3 N–H and O–H groups in total. The zero-order chi connectivity index (χ0) is 29.9. The Morgan fingerprint density at radius 3 is 2.42 bits per heavy atom. The lowest BCUT2D eigenvalue weighted by molar-refractivity contribution is 0.256. The van der Waals surface area contributed by atoms with Crippen LogP contribution in [0, 0.1) is 6.92 Å². The number of hydrogen-bond acceptors (Lipinski definition) is 10. The Bertz CT molecular complexity index is 1630. The second-order valence-corrected chi connectivity index (χ2v) is 13.1. The first-order chi connectivity index (χ1) is 18.5. The number of hydrogen-bond donors (Lipinski definition) is 3. The molecule has 16 heteroatoms. The minimum absolute atomic E-state index is 0.00882. The van der Waals surface area contributed by atoms with Crippen LogP contribution < -0.4 is 19.5 Å². The second kappa shape index (κ2) is 11.9. The number of methoxy groups -OCH3 is 1. The summed E-state index contributed by atoms with van der Waals surface area (Å²) in [5.41, 5.74) is 1.46. The molecule has 4 rings (SSSR count). The van der Waals surface area contributed by atoms with Crippen molar-refractivity contribution in [2.75, 3.05) is 19.0 Å². The summed E-state index contributed by atoms with van der Waals surface area (Å²) < 4.78 is 67.7. The maximum atomic E-state index is 12.1. The van der Waals surface area contributed by atoms with Gasteiger partial charge in [0.2, 0.25) is 5.95 Å². The fourth-order valence-corrected chi connectivity index (χ4v) is 5.45. The highest BCUT2D eigenvalue weighted by atomic mass is 35.5. The van der Waals surface area contributed by atoms with Gasteiger partial charge in [0.1, 0.15) is 21.7 Å². The van der Waals surface area contributed by atoms with Crippen LogP contribution in [0.25, 0.3) is 0 Å². The number of benzene rings is 2. The van der Waals surface area contributed by atoms with Crippen LogP contribution in [0.5, 0.6) is 11.8 Å². The number of ether oxygens (including phenoxy) is 2. The largest absolute Gasteiger partial charge is 0.492 e. The van der Waals surface area contributed by atoms with E-state index in [1.165, 1.54) is 32.2 Å². The molecule has 40 heavy (non-hydrogen) atoms. The molecule has 1 atom stereocenters. The summed E-state index contributed by atoms with van der Waals surface area (Å²) in [6, 6.07) is 9.92. The Hall–Kier alpha value is -3.53. The number of amides is 2. The van der Waals surface area contributed by atoms with Gasteiger partial charge in [-0.05, 0) is 37.6 Å². The highest BCUT2D eigenvalue weighted by Gasteiger charge is 2.33. The first-order valence-corrected chi connectivity index (χ1v) is 15.0. The van der Waals surface area contributed by atoms with E-state index in [9.17, 15) is 21.6 Å². The van der Waals surface area contributed by atoms with Crippen LogP contribution >= 0.6 is 11.6 Å². The molecule has 1 unspecified atom stereocenters. The number of aryl methyl sites for hydroxylation is 1. The number of urea groups is 1. The third-order valence-corrected chi connectivity index (χ3v) is 8.72. The number of aromatic nitrogens is 3. The van der Waals surface area contributed by atoms with E-state index in [0.717, 1.165) is 11.3 Å². The van der Waals surface area contributed by atoms with Gasteiger partial charge in [0.25, 0.3) is 20.1 Å². The van der Waals surface area contributed by atoms with Crippen molar-refractivity contribution in [3.63, 3.8) is 0 Å². The van der Waals surface area contributed by atoms with Crippen LogP contribution in [-0.4, -0.2) is 56.1 Å². The summed E-state index contributed by atoms with van der Waals surface area (Å²) in [6.45, 7) is 7.71. The number of rotatable bonds is 6. The quantitative estimate of drug-likeness (QED) is 0.344. The van der Waals surface area contributed by atoms with Crippen molar-refractivity contribution >= 4 is 43.7 Å². The van der Waals surface area contributed by atoms with Gasteiger partial charge < -0.3 is 9.47 Å². The molecular formula is C24H28ClN5O8S2. The zero-order valence-electron chi connectivity index (χ0n) is 22.2. The molecule has 0 spiro atoms. The van der Waals surface area contributed by atoms with E-state index >= 15 is 0 Å². The van der Waals surface area contributed by atoms with Gasteiger partial charge in [-0.25, -0.2) is 17.9 Å². The Labute approximate surface area is 237 Å². The Balaban J connectivity index is 0.000000230. The summed E-state index contributed by atoms with van der Waals surface area (Å²) in [6.07, 6.45) is 0. The van der Waals surface area contributed by atoms with Gasteiger partial charge >= 0.3 is 12.0 Å². The smallest absolute Gasteiger partial charge is 0.335 e. The van der Waals surface area contributed by atoms with Crippen molar-refractivity contribution in [3.05, 3.63) is 64.4 Å². The molecule has 1 aliphatic heterocycles. The molecule has 3 aromatic rings. The topological polar surface area (TPSA) is 187 Å². The Kier molecular flexibility index (Phi) is 9.24. The third-order valence-electron chi connectivity index (χ3n) is 5.73. The standard InChI is InChI=1S/C12H12ClN5O4S.C12H16O4S/c1-7-14-10(17-12(15-7)22-2)16-11(19)18-23(20,21)9-6-4-3-5-8(9)13;1-8(17(13,14)15)9-4-5-11-10(6-9)12(2,3)7-16-11/h3-6H,1-2H3,(H2,14,15,16,17,18,19);4-6,8H,7H2,1-3H3,(H,13,14,15). The fraction of sp³-hybridized carbons (Fsp3) is 0.333. The zero-order valence-corrected chi connectivity index (χ0v) is 24.6. The maximum Gasteiger partial charge on any atom is 0.335 e. The van der Waals surface area contributed by atoms with Gasteiger partial charge in [0.15, 0.2) is 0 Å². The predicted octanol–water partition coefficient (Wildman–Crippen LogP) is 3.66. The number of anilines is 1. The molecule has 0 fully saturated rings. The summed E-state index contributed by atoms with van der Waals surface area (Å²) in [5.74, 6) is 0.934. The molecule has 2 amide bonds. The highest BCUT2D eigenvalue weighted by molar-refractivity contribution is 7.90. The van der Waals surface area contributed by atoms with Crippen molar-refractivity contribution < 1.29 is 35.7 Å². The van der Waals surface area contributed by atoms with Crippen LogP contribution in [0.2, 0.25) is 5.02 Å². The molecular weight excluding hydrogens is 586 g/mol. The Morgan fingerprint density at radius 1 is 1.12 bits per heavy atom. The lowest BCUT2D eigenvalue weighted by atomic mass is 9.86. The highest BCUT2D eigenvalue weighted by Crippen LogP contribution is 2.40. The van der Waals surface area contributed by atoms with Gasteiger partial charge in [0, 0.05) is 11.0 Å². The first kappa shape index (κ1) is 31.0. The van der Waals surface area contributed by atoms with E-state index in [1.807, 2.05) is 18.6 Å². The van der Waals surface area contributed by atoms with E-state index in [2.05, 4.69) is 20.3 Å². The van der Waals surface area contributed by atoms with Crippen molar-refractivity contribution in [2.24, 2.45) is 0 Å². The number of carbonyl (C=O) groups is 1. The van der Waals surface area contributed by atoms with Gasteiger partial charge in [-0.15, -0.1) is 0 Å². The van der Waals surface area contributed by atoms with Crippen LogP contribution in [0.15, 0.2) is 47.4 Å². The molecule has 0 saturated carbocycles. The van der Waals surface area contributed by atoms with Gasteiger partial charge in [0.05, 0.1) is 18.7 Å². The number of halogens is 1. The van der Waals surface area contributed by atoms with E-state index in [4.69, 9.17) is 25.6 Å². The molecule has 1 aliphatic rings. The summed E-state index contributed by atoms with van der Waals surface area (Å²) in [7, 11) is -6.84. The Morgan fingerprint density at radius 2 is 1.80 bits per heavy atom. The van der Waals surface area contributed by atoms with Crippen molar-refractivity contribution in [3.8, 4) is 11.8 Å². The number of nitrogens with zero attached hydrogens (tertiary/aromatic N) is 3. The van der Waals surface area contributed by atoms with Gasteiger partial charge in [-0.2, -0.15) is 23.4 Å². The molecule has 2 heterocycles. The molecule has 216 valence electrons. The number of carbonyl (C=O) groups excluding carboxylic acids is 1. The first-order valence-electron chi connectivity index (χ1n) is 11.6. The molecule has 13 nitrogen and oxygen atoms in total. The van der Waals surface area contributed by atoms with Crippen molar-refractivity contribution in [1.82, 2.24) is 19.7 Å². The average Bonchev–Trinajstić information content (AvgIpc) is 3.16. The number of fused-ring (bicyclic) bond motifs is 1. The van der Waals surface area contributed by atoms with Gasteiger partial charge in [-0.1, -0.05) is 49.7 Å². The van der Waals surface area contributed by atoms with E-state index in [-0.39, 0.29) is 27.3 Å². The monoisotopic (exact) mass is 613 g/mol. The number of sulfonamides is 1. The van der Waals surface area contributed by atoms with Crippen LogP contribution in [0.4, 0.5) is 10.7 Å². The normalized spacial score (nSPS) is 14.6. The minimum atomic E-state index is -4.13. The molecule has 0 saturated heterocycles. The molecule has 0 aliphatic carbocycles. The molecule has 0 radical (unpaired) electrons. The molecule has 2 aromatic carbocycles. The lowest BCUT2D eigenvalue weighted by Crippen LogP contribution is -2.35. The van der Waals surface area contributed by atoms with Crippen LogP contribution in [-0.2, 0) is 25.6 Å². The summed E-state index contributed by atoms with van der Waals surface area (Å²) >= 11 is 5.81.